The number of allylic oxidation sites excluding steroid dienone is 5. The fourth-order valence-corrected chi connectivity index (χ4v) is 0.927. The topological polar surface area (TPSA) is 61.1 Å². The third-order valence-electron chi connectivity index (χ3n) is 1.48. The first-order chi connectivity index (χ1) is 5.75. The molecule has 0 saturated heterocycles. The zero-order valence-electron chi connectivity index (χ0n) is 6.32. The van der Waals surface area contributed by atoms with E-state index in [0.29, 0.717) is 5.57 Å². The number of rotatable bonds is 1. The van der Waals surface area contributed by atoms with Crippen LogP contribution in [0.4, 0.5) is 0 Å². The minimum Gasteiger partial charge on any atom is -0.477 e. The van der Waals surface area contributed by atoms with Gasteiger partial charge in [0.15, 0.2) is 0 Å². The van der Waals surface area contributed by atoms with E-state index in [0.717, 1.165) is 6.42 Å². The van der Waals surface area contributed by atoms with E-state index in [1.807, 2.05) is 12.2 Å². The van der Waals surface area contributed by atoms with Crippen molar-refractivity contribution in [2.45, 2.75) is 6.42 Å². The largest absolute Gasteiger partial charge is 0.477 e. The maximum absolute atomic E-state index is 10.5. The summed E-state index contributed by atoms with van der Waals surface area (Å²) in [5, 5.41) is 17.1. The van der Waals surface area contributed by atoms with Crippen molar-refractivity contribution in [1.29, 1.82) is 5.26 Å². The van der Waals surface area contributed by atoms with Crippen molar-refractivity contribution in [1.82, 2.24) is 0 Å². The predicted octanol–water partition coefficient (Wildman–Crippen LogP) is 1.41. The third-order valence-corrected chi connectivity index (χ3v) is 1.48. The number of nitriles is 1. The minimum atomic E-state index is -1.18. The van der Waals surface area contributed by atoms with E-state index in [9.17, 15) is 4.79 Å². The van der Waals surface area contributed by atoms with E-state index in [1.165, 1.54) is 0 Å². The molecule has 3 nitrogen and oxygen atoms in total. The molecule has 3 heteroatoms. The number of hydrogen-bond donors (Lipinski definition) is 1. The molecule has 0 heterocycles. The zero-order chi connectivity index (χ0) is 8.97. The lowest BCUT2D eigenvalue weighted by molar-refractivity contribution is -0.132. The number of carboxylic acids is 1. The SMILES string of the molecule is N#CC(C(=O)O)=C1C=CCC=C1. The average Bonchev–Trinajstić information content (AvgIpc) is 2.07. The van der Waals surface area contributed by atoms with E-state index < -0.39 is 5.97 Å². The van der Waals surface area contributed by atoms with Crippen LogP contribution in [0.3, 0.4) is 0 Å². The minimum absolute atomic E-state index is 0.206. The van der Waals surface area contributed by atoms with Crippen LogP contribution in [0, 0.1) is 11.3 Å². The van der Waals surface area contributed by atoms with Gasteiger partial charge in [-0.05, 0) is 12.0 Å². The van der Waals surface area contributed by atoms with Crippen LogP contribution in [0.5, 0.6) is 0 Å². The Morgan fingerprint density at radius 1 is 1.50 bits per heavy atom. The molecule has 0 spiro atoms. The van der Waals surface area contributed by atoms with E-state index in [2.05, 4.69) is 0 Å². The van der Waals surface area contributed by atoms with Crippen molar-refractivity contribution in [3.8, 4) is 6.07 Å². The van der Waals surface area contributed by atoms with Gasteiger partial charge in [-0.1, -0.05) is 24.3 Å². The predicted molar refractivity (Wildman–Crippen MR) is 43.2 cm³/mol. The van der Waals surface area contributed by atoms with Crippen molar-refractivity contribution >= 4 is 5.97 Å². The van der Waals surface area contributed by atoms with Crippen molar-refractivity contribution in [3.05, 3.63) is 35.5 Å². The smallest absolute Gasteiger partial charge is 0.347 e. The summed E-state index contributed by atoms with van der Waals surface area (Å²) in [5.41, 5.74) is 0.262. The lowest BCUT2D eigenvalue weighted by Gasteiger charge is -1.99. The monoisotopic (exact) mass is 161 g/mol. The number of hydrogen-bond acceptors (Lipinski definition) is 2. The summed E-state index contributed by atoms with van der Waals surface area (Å²) in [4.78, 5) is 10.5. The van der Waals surface area contributed by atoms with E-state index >= 15 is 0 Å². The molecule has 0 bridgehead atoms. The molecule has 0 aromatic rings. The number of carbonyl (C=O) groups is 1. The van der Waals surface area contributed by atoms with Crippen LogP contribution in [-0.4, -0.2) is 11.1 Å². The molecule has 1 aliphatic rings. The van der Waals surface area contributed by atoms with Gasteiger partial charge in [0.05, 0.1) is 0 Å². The lowest BCUT2D eigenvalue weighted by Crippen LogP contribution is -2.01. The Morgan fingerprint density at radius 3 is 2.50 bits per heavy atom. The van der Waals surface area contributed by atoms with Gasteiger partial charge in [0.1, 0.15) is 11.6 Å². The lowest BCUT2D eigenvalue weighted by atomic mass is 10.0. The van der Waals surface area contributed by atoms with Crippen LogP contribution < -0.4 is 0 Å². The number of carboxylic acid groups (broad SMARTS) is 1. The standard InChI is InChI=1S/C9H7NO2/c10-6-8(9(11)12)7-4-2-1-3-5-7/h2-5H,1H2,(H,11,12). The second-order valence-corrected chi connectivity index (χ2v) is 2.29. The highest BCUT2D eigenvalue weighted by atomic mass is 16.4. The Kier molecular flexibility index (Phi) is 2.44. The Labute approximate surface area is 69.9 Å². The van der Waals surface area contributed by atoms with E-state index in [1.54, 1.807) is 18.2 Å². The Balaban J connectivity index is 3.09. The number of nitrogens with zero attached hydrogens (tertiary/aromatic N) is 1. The van der Waals surface area contributed by atoms with Crippen LogP contribution in [0.15, 0.2) is 35.5 Å². The highest BCUT2D eigenvalue weighted by Gasteiger charge is 2.10. The summed E-state index contributed by atoms with van der Waals surface area (Å²) in [5.74, 6) is -1.18. The molecule has 1 rings (SSSR count). The molecular weight excluding hydrogens is 154 g/mol. The molecule has 0 saturated carbocycles. The van der Waals surface area contributed by atoms with Gasteiger partial charge in [-0.25, -0.2) is 4.79 Å². The molecule has 60 valence electrons. The summed E-state index contributed by atoms with van der Waals surface area (Å²) in [6.45, 7) is 0. The van der Waals surface area contributed by atoms with Gasteiger partial charge in [0, 0.05) is 0 Å². The van der Waals surface area contributed by atoms with Crippen molar-refractivity contribution in [2.75, 3.05) is 0 Å². The molecule has 0 atom stereocenters. The molecule has 12 heavy (non-hydrogen) atoms. The molecule has 1 N–H and O–H groups in total. The molecule has 0 unspecified atom stereocenters. The van der Waals surface area contributed by atoms with Crippen LogP contribution >= 0.6 is 0 Å². The second kappa shape index (κ2) is 3.54. The first kappa shape index (κ1) is 8.28. The van der Waals surface area contributed by atoms with Crippen LogP contribution in [0.25, 0.3) is 0 Å². The first-order valence-electron chi connectivity index (χ1n) is 3.46. The molecule has 0 fully saturated rings. The molecule has 0 radical (unpaired) electrons. The maximum atomic E-state index is 10.5. The second-order valence-electron chi connectivity index (χ2n) is 2.29. The van der Waals surface area contributed by atoms with Crippen LogP contribution in [-0.2, 0) is 4.79 Å². The Bertz CT molecular complexity index is 315. The summed E-state index contributed by atoms with van der Waals surface area (Å²) < 4.78 is 0. The van der Waals surface area contributed by atoms with Gasteiger partial charge < -0.3 is 5.11 Å². The molecule has 0 aliphatic heterocycles. The van der Waals surface area contributed by atoms with Gasteiger partial charge in [-0.15, -0.1) is 0 Å². The summed E-state index contributed by atoms with van der Waals surface area (Å²) >= 11 is 0. The van der Waals surface area contributed by atoms with Gasteiger partial charge in [0.2, 0.25) is 0 Å². The molecule has 1 aliphatic carbocycles. The molecule has 0 aromatic heterocycles. The van der Waals surface area contributed by atoms with Crippen LogP contribution in [0.1, 0.15) is 6.42 Å². The van der Waals surface area contributed by atoms with E-state index in [4.69, 9.17) is 10.4 Å². The summed E-state index contributed by atoms with van der Waals surface area (Å²) in [7, 11) is 0. The highest BCUT2D eigenvalue weighted by molar-refractivity contribution is 5.93. The fraction of sp³-hybridized carbons (Fsp3) is 0.111. The molecule has 0 aromatic carbocycles. The average molecular weight is 161 g/mol. The molecular formula is C9H7NO2. The Hall–Kier alpha value is -1.82. The quantitative estimate of drug-likeness (QED) is 0.467. The number of aliphatic carboxylic acids is 1. The third kappa shape index (κ3) is 1.61. The van der Waals surface area contributed by atoms with Crippen molar-refractivity contribution in [3.63, 3.8) is 0 Å². The summed E-state index contributed by atoms with van der Waals surface area (Å²) in [6, 6.07) is 1.65. The van der Waals surface area contributed by atoms with Crippen LogP contribution in [0.2, 0.25) is 0 Å². The van der Waals surface area contributed by atoms with Gasteiger partial charge in [0.25, 0.3) is 0 Å². The summed E-state index contributed by atoms with van der Waals surface area (Å²) in [6.07, 6.45) is 7.71. The highest BCUT2D eigenvalue weighted by Crippen LogP contribution is 2.12. The van der Waals surface area contributed by atoms with Crippen molar-refractivity contribution < 1.29 is 9.90 Å². The van der Waals surface area contributed by atoms with Gasteiger partial charge >= 0.3 is 5.97 Å². The van der Waals surface area contributed by atoms with Gasteiger partial charge in [-0.2, -0.15) is 5.26 Å². The Morgan fingerprint density at radius 2 is 2.08 bits per heavy atom. The normalized spacial score (nSPS) is 14.1. The molecule has 0 amide bonds. The first-order valence-corrected chi connectivity index (χ1v) is 3.46. The fourth-order valence-electron chi connectivity index (χ4n) is 0.927. The van der Waals surface area contributed by atoms with E-state index in [-0.39, 0.29) is 5.57 Å². The zero-order valence-corrected chi connectivity index (χ0v) is 6.32. The van der Waals surface area contributed by atoms with Gasteiger partial charge in [-0.3, -0.25) is 0 Å². The van der Waals surface area contributed by atoms with Crippen molar-refractivity contribution in [2.24, 2.45) is 0 Å². The maximum Gasteiger partial charge on any atom is 0.347 e.